The summed E-state index contributed by atoms with van der Waals surface area (Å²) in [6, 6.07) is 3.02. The number of hydrogen-bond donors (Lipinski definition) is 1. The average Bonchev–Trinajstić information content (AvgIpc) is 2.87. The molecule has 6 nitrogen and oxygen atoms in total. The lowest BCUT2D eigenvalue weighted by molar-refractivity contribution is -0.380. The zero-order valence-electron chi connectivity index (χ0n) is 11.5. The largest absolute Gasteiger partial charge is 0.324 e. The number of carbonyl (C=O) groups excluding carboxylic acids is 1. The van der Waals surface area contributed by atoms with Gasteiger partial charge in [-0.1, -0.05) is 43.9 Å². The molecule has 0 aromatic carbocycles. The van der Waals surface area contributed by atoms with Gasteiger partial charge in [-0.05, 0) is 12.5 Å². The lowest BCUT2D eigenvalue weighted by atomic mass is 10.1. The van der Waals surface area contributed by atoms with Crippen molar-refractivity contribution in [2.24, 2.45) is 5.10 Å². The first-order valence-corrected chi connectivity index (χ1v) is 7.51. The van der Waals surface area contributed by atoms with E-state index in [2.05, 4.69) is 17.5 Å². The normalized spacial score (nSPS) is 10.8. The first kappa shape index (κ1) is 16.3. The SMILES string of the molecule is CCCCCCCC(=O)NN=Cc1ccc([N+](=O)[O-])s1. The standard InChI is InChI=1S/C13H19N3O3S/c1-2-3-4-5-6-7-12(17)15-14-10-11-8-9-13(20-11)16(18)19/h8-10H,2-7H2,1H3,(H,15,17). The van der Waals surface area contributed by atoms with Crippen LogP contribution in [0.3, 0.4) is 0 Å². The number of hydrogen-bond acceptors (Lipinski definition) is 5. The Labute approximate surface area is 122 Å². The summed E-state index contributed by atoms with van der Waals surface area (Å²) >= 11 is 1.02. The number of carbonyl (C=O) groups is 1. The Kier molecular flexibility index (Phi) is 7.49. The van der Waals surface area contributed by atoms with Gasteiger partial charge in [0.05, 0.1) is 16.0 Å². The smallest absolute Gasteiger partial charge is 0.273 e. The highest BCUT2D eigenvalue weighted by atomic mass is 32.1. The molecule has 0 aliphatic rings. The Bertz CT molecular complexity index is 471. The van der Waals surface area contributed by atoms with Gasteiger partial charge in [0.25, 0.3) is 0 Å². The Morgan fingerprint density at radius 1 is 1.40 bits per heavy atom. The second kappa shape index (κ2) is 9.19. The molecule has 0 atom stereocenters. The molecule has 0 unspecified atom stereocenters. The van der Waals surface area contributed by atoms with Crippen LogP contribution in [0.4, 0.5) is 5.00 Å². The molecule has 0 spiro atoms. The van der Waals surface area contributed by atoms with E-state index in [1.807, 2.05) is 0 Å². The molecule has 20 heavy (non-hydrogen) atoms. The molecule has 0 bridgehead atoms. The minimum Gasteiger partial charge on any atom is -0.273 e. The van der Waals surface area contributed by atoms with Crippen molar-refractivity contribution in [1.29, 1.82) is 0 Å². The van der Waals surface area contributed by atoms with Crippen molar-refractivity contribution in [2.75, 3.05) is 0 Å². The molecule has 0 saturated heterocycles. The maximum atomic E-state index is 11.4. The zero-order valence-corrected chi connectivity index (χ0v) is 12.3. The summed E-state index contributed by atoms with van der Waals surface area (Å²) in [4.78, 5) is 22.1. The Hall–Kier alpha value is -1.76. The number of amides is 1. The van der Waals surface area contributed by atoms with E-state index in [9.17, 15) is 14.9 Å². The van der Waals surface area contributed by atoms with Crippen LogP contribution in [0.2, 0.25) is 0 Å². The minimum absolute atomic E-state index is 0.0636. The fraction of sp³-hybridized carbons (Fsp3) is 0.538. The minimum atomic E-state index is -0.448. The summed E-state index contributed by atoms with van der Waals surface area (Å²) < 4.78 is 0. The monoisotopic (exact) mass is 297 g/mol. The summed E-state index contributed by atoms with van der Waals surface area (Å²) in [7, 11) is 0. The Balaban J connectivity index is 2.22. The van der Waals surface area contributed by atoms with Crippen molar-refractivity contribution >= 4 is 28.5 Å². The number of rotatable bonds is 9. The van der Waals surface area contributed by atoms with Crippen LogP contribution in [0, 0.1) is 10.1 Å². The maximum Gasteiger partial charge on any atom is 0.324 e. The molecule has 1 rings (SSSR count). The molecular weight excluding hydrogens is 278 g/mol. The van der Waals surface area contributed by atoms with Crippen molar-refractivity contribution in [3.05, 3.63) is 27.1 Å². The lowest BCUT2D eigenvalue weighted by Gasteiger charge is -1.99. The first-order chi connectivity index (χ1) is 9.63. The topological polar surface area (TPSA) is 84.6 Å². The van der Waals surface area contributed by atoms with Crippen molar-refractivity contribution in [3.8, 4) is 0 Å². The molecule has 1 aromatic rings. The number of thiophene rings is 1. The Morgan fingerprint density at radius 3 is 2.80 bits per heavy atom. The molecule has 0 saturated carbocycles. The molecule has 0 aliphatic heterocycles. The highest BCUT2D eigenvalue weighted by Crippen LogP contribution is 2.22. The van der Waals surface area contributed by atoms with Crippen LogP contribution < -0.4 is 5.43 Å². The fourth-order valence-corrected chi connectivity index (χ4v) is 2.32. The van der Waals surface area contributed by atoms with Crippen molar-refractivity contribution in [1.82, 2.24) is 5.43 Å². The summed E-state index contributed by atoms with van der Waals surface area (Å²) in [5.41, 5.74) is 2.43. The van der Waals surface area contributed by atoms with E-state index < -0.39 is 4.92 Å². The van der Waals surface area contributed by atoms with Crippen LogP contribution in [0.1, 0.15) is 50.3 Å². The van der Waals surface area contributed by atoms with Gasteiger partial charge in [0.1, 0.15) is 0 Å². The van der Waals surface area contributed by atoms with Gasteiger partial charge in [0.15, 0.2) is 0 Å². The highest BCUT2D eigenvalue weighted by Gasteiger charge is 2.08. The van der Waals surface area contributed by atoms with E-state index >= 15 is 0 Å². The molecule has 1 N–H and O–H groups in total. The van der Waals surface area contributed by atoms with E-state index in [0.717, 1.165) is 30.6 Å². The summed E-state index contributed by atoms with van der Waals surface area (Å²) in [6.07, 6.45) is 7.36. The van der Waals surface area contributed by atoms with E-state index in [1.54, 1.807) is 6.07 Å². The third-order valence-corrected chi connectivity index (χ3v) is 3.65. The summed E-state index contributed by atoms with van der Waals surface area (Å²) in [5.74, 6) is -0.121. The van der Waals surface area contributed by atoms with Gasteiger partial charge in [0.2, 0.25) is 5.91 Å². The van der Waals surface area contributed by atoms with E-state index in [4.69, 9.17) is 0 Å². The van der Waals surface area contributed by atoms with Gasteiger partial charge in [0, 0.05) is 12.5 Å². The molecule has 1 amide bonds. The van der Waals surface area contributed by atoms with Gasteiger partial charge in [-0.2, -0.15) is 5.10 Å². The zero-order chi connectivity index (χ0) is 14.8. The highest BCUT2D eigenvalue weighted by molar-refractivity contribution is 7.16. The van der Waals surface area contributed by atoms with Crippen LogP contribution >= 0.6 is 11.3 Å². The number of nitrogens with zero attached hydrogens (tertiary/aromatic N) is 2. The third-order valence-electron chi connectivity index (χ3n) is 2.68. The molecule has 0 radical (unpaired) electrons. The van der Waals surface area contributed by atoms with Crippen molar-refractivity contribution in [3.63, 3.8) is 0 Å². The maximum absolute atomic E-state index is 11.4. The predicted molar refractivity (Wildman–Crippen MR) is 80.1 cm³/mol. The van der Waals surface area contributed by atoms with Crippen molar-refractivity contribution in [2.45, 2.75) is 45.4 Å². The van der Waals surface area contributed by atoms with Gasteiger partial charge in [-0.15, -0.1) is 0 Å². The second-order valence-electron chi connectivity index (χ2n) is 4.39. The van der Waals surface area contributed by atoms with Crippen LogP contribution in [0.5, 0.6) is 0 Å². The first-order valence-electron chi connectivity index (χ1n) is 6.69. The van der Waals surface area contributed by atoms with Gasteiger partial charge < -0.3 is 0 Å². The predicted octanol–water partition coefficient (Wildman–Crippen LogP) is 3.47. The van der Waals surface area contributed by atoms with Crippen molar-refractivity contribution < 1.29 is 9.72 Å². The van der Waals surface area contributed by atoms with Gasteiger partial charge >= 0.3 is 5.00 Å². The number of nitrogens with one attached hydrogen (secondary N) is 1. The summed E-state index contributed by atoms with van der Waals surface area (Å²) in [6.45, 7) is 2.15. The lowest BCUT2D eigenvalue weighted by Crippen LogP contribution is -2.16. The average molecular weight is 297 g/mol. The molecule has 1 heterocycles. The van der Waals surface area contributed by atoms with Crippen LogP contribution in [-0.4, -0.2) is 17.0 Å². The number of unbranched alkanes of at least 4 members (excludes halogenated alkanes) is 4. The summed E-state index contributed by atoms with van der Waals surface area (Å²) in [5, 5.41) is 14.3. The molecule has 7 heteroatoms. The quantitative estimate of drug-likeness (QED) is 0.328. The Morgan fingerprint density at radius 2 is 2.15 bits per heavy atom. The van der Waals surface area contributed by atoms with Gasteiger partial charge in [-0.3, -0.25) is 14.9 Å². The fourth-order valence-electron chi connectivity index (χ4n) is 1.62. The third kappa shape index (κ3) is 6.42. The van der Waals surface area contributed by atoms with E-state index in [1.165, 1.54) is 25.1 Å². The molecule has 110 valence electrons. The molecule has 1 aromatic heterocycles. The number of hydrazone groups is 1. The van der Waals surface area contributed by atoms with Gasteiger partial charge in [-0.25, -0.2) is 5.43 Å². The van der Waals surface area contributed by atoms with E-state index in [-0.39, 0.29) is 10.9 Å². The van der Waals surface area contributed by atoms with Crippen LogP contribution in [0.25, 0.3) is 0 Å². The molecule has 0 aliphatic carbocycles. The number of nitro groups is 1. The molecule has 0 fully saturated rings. The van der Waals surface area contributed by atoms with Crippen LogP contribution in [-0.2, 0) is 4.79 Å². The molecular formula is C13H19N3O3S. The van der Waals surface area contributed by atoms with E-state index in [0.29, 0.717) is 11.3 Å². The second-order valence-corrected chi connectivity index (χ2v) is 5.48. The van der Waals surface area contributed by atoms with Crippen LogP contribution in [0.15, 0.2) is 17.2 Å².